The van der Waals surface area contributed by atoms with Gasteiger partial charge in [-0.1, -0.05) is 37.1 Å². The van der Waals surface area contributed by atoms with E-state index < -0.39 is 15.7 Å². The van der Waals surface area contributed by atoms with Crippen molar-refractivity contribution in [3.63, 3.8) is 0 Å². The first kappa shape index (κ1) is 23.0. The topological polar surface area (TPSA) is 105 Å². The van der Waals surface area contributed by atoms with Crippen molar-refractivity contribution in [1.29, 1.82) is 5.26 Å². The molecule has 0 bridgehead atoms. The van der Waals surface area contributed by atoms with Gasteiger partial charge in [0.05, 0.1) is 23.2 Å². The third kappa shape index (κ3) is 5.54. The lowest BCUT2D eigenvalue weighted by Crippen LogP contribution is -2.13. The van der Waals surface area contributed by atoms with Gasteiger partial charge in [-0.25, -0.2) is 13.1 Å². The maximum atomic E-state index is 12.6. The van der Waals surface area contributed by atoms with E-state index in [0.29, 0.717) is 23.4 Å². The van der Waals surface area contributed by atoms with Gasteiger partial charge in [0, 0.05) is 11.3 Å². The molecule has 1 aliphatic rings. The summed E-state index contributed by atoms with van der Waals surface area (Å²) < 4.78 is 25.1. The highest BCUT2D eigenvalue weighted by Crippen LogP contribution is 2.31. The Morgan fingerprint density at radius 3 is 2.68 bits per heavy atom. The van der Waals surface area contributed by atoms with Crippen molar-refractivity contribution >= 4 is 39.1 Å². The molecule has 1 amide bonds. The summed E-state index contributed by atoms with van der Waals surface area (Å²) in [5, 5.41) is 16.8. The Kier molecular flexibility index (Phi) is 7.19. The average molecular weight is 461 g/mol. The third-order valence-corrected chi connectivity index (χ3v) is 7.44. The number of hydrogen-bond donors (Lipinski definition) is 1. The van der Waals surface area contributed by atoms with Gasteiger partial charge in [-0.05, 0) is 50.0 Å². The summed E-state index contributed by atoms with van der Waals surface area (Å²) in [6, 6.07) is 9.12. The zero-order valence-electron chi connectivity index (χ0n) is 17.6. The van der Waals surface area contributed by atoms with E-state index in [2.05, 4.69) is 17.3 Å². The van der Waals surface area contributed by atoms with Gasteiger partial charge in [0.15, 0.2) is 9.84 Å². The van der Waals surface area contributed by atoms with Crippen LogP contribution >= 0.6 is 11.6 Å². The number of rotatable bonds is 7. The summed E-state index contributed by atoms with van der Waals surface area (Å²) in [5.74, 6) is -0.465. The van der Waals surface area contributed by atoms with Crippen molar-refractivity contribution in [2.24, 2.45) is 0 Å². The van der Waals surface area contributed by atoms with E-state index in [4.69, 9.17) is 11.6 Å². The van der Waals surface area contributed by atoms with Gasteiger partial charge in [-0.15, -0.1) is 0 Å². The molecule has 0 aliphatic carbocycles. The summed E-state index contributed by atoms with van der Waals surface area (Å²) in [6.07, 6.45) is 5.04. The van der Waals surface area contributed by atoms with E-state index in [9.17, 15) is 18.5 Å². The molecule has 1 saturated heterocycles. The van der Waals surface area contributed by atoms with Gasteiger partial charge < -0.3 is 5.32 Å². The van der Waals surface area contributed by atoms with Gasteiger partial charge in [0.1, 0.15) is 16.8 Å². The molecule has 164 valence electrons. The summed E-state index contributed by atoms with van der Waals surface area (Å²) in [4.78, 5) is 12.6. The largest absolute Gasteiger partial charge is 0.321 e. The predicted molar refractivity (Wildman–Crippen MR) is 122 cm³/mol. The van der Waals surface area contributed by atoms with Gasteiger partial charge in [0.2, 0.25) is 0 Å². The van der Waals surface area contributed by atoms with Crippen molar-refractivity contribution < 1.29 is 13.2 Å². The second kappa shape index (κ2) is 9.67. The van der Waals surface area contributed by atoms with Crippen LogP contribution in [-0.4, -0.2) is 35.6 Å². The van der Waals surface area contributed by atoms with Crippen LogP contribution in [0.15, 0.2) is 29.8 Å². The highest BCUT2D eigenvalue weighted by molar-refractivity contribution is 7.91. The number of nitriles is 1. The number of carbonyl (C=O) groups is 1. The normalized spacial score (nSPS) is 18.0. The minimum Gasteiger partial charge on any atom is -0.321 e. The van der Waals surface area contributed by atoms with Crippen LogP contribution in [-0.2, 0) is 21.1 Å². The van der Waals surface area contributed by atoms with Crippen molar-refractivity contribution in [2.75, 3.05) is 16.8 Å². The van der Waals surface area contributed by atoms with Crippen LogP contribution in [0.25, 0.3) is 6.08 Å². The molecule has 1 aliphatic heterocycles. The molecule has 31 heavy (non-hydrogen) atoms. The van der Waals surface area contributed by atoms with Crippen molar-refractivity contribution in [1.82, 2.24) is 9.78 Å². The molecule has 3 rings (SSSR count). The number of sulfone groups is 1. The zero-order valence-corrected chi connectivity index (χ0v) is 19.1. The molecule has 0 spiro atoms. The molecule has 1 aromatic heterocycles. The molecule has 0 radical (unpaired) electrons. The highest BCUT2D eigenvalue weighted by Gasteiger charge is 2.32. The predicted octanol–water partition coefficient (Wildman–Crippen LogP) is 4.09. The lowest BCUT2D eigenvalue weighted by Gasteiger charge is -2.09. The number of amides is 1. The quantitative estimate of drug-likeness (QED) is 0.494. The Morgan fingerprint density at radius 2 is 2.10 bits per heavy atom. The first-order valence-electron chi connectivity index (χ1n) is 10.2. The minimum atomic E-state index is -3.10. The molecule has 1 fully saturated rings. The van der Waals surface area contributed by atoms with E-state index in [1.165, 1.54) is 16.3 Å². The first-order chi connectivity index (χ1) is 14.7. The molecule has 1 N–H and O–H groups in total. The van der Waals surface area contributed by atoms with E-state index in [1.54, 1.807) is 6.92 Å². The lowest BCUT2D eigenvalue weighted by atomic mass is 10.1. The van der Waals surface area contributed by atoms with Crippen LogP contribution in [0.2, 0.25) is 5.15 Å². The fraction of sp³-hybridized carbons (Fsp3) is 0.409. The van der Waals surface area contributed by atoms with Crippen molar-refractivity contribution in [2.45, 2.75) is 45.6 Å². The second-order valence-electron chi connectivity index (χ2n) is 7.72. The number of aromatic nitrogens is 2. The maximum Gasteiger partial charge on any atom is 0.266 e. The lowest BCUT2D eigenvalue weighted by molar-refractivity contribution is -0.112. The molecular formula is C22H25ClN4O3S. The van der Waals surface area contributed by atoms with Gasteiger partial charge in [-0.2, -0.15) is 10.4 Å². The van der Waals surface area contributed by atoms with Crippen molar-refractivity contribution in [3.8, 4) is 6.07 Å². The Bertz CT molecular complexity index is 1140. The smallest absolute Gasteiger partial charge is 0.266 e. The van der Waals surface area contributed by atoms with Crippen LogP contribution in [0.4, 0.5) is 5.69 Å². The van der Waals surface area contributed by atoms with Crippen LogP contribution in [0.3, 0.4) is 0 Å². The molecule has 1 aromatic carbocycles. The number of carbonyl (C=O) groups excluding carboxylic acids is 1. The highest BCUT2D eigenvalue weighted by atomic mass is 35.5. The Balaban J connectivity index is 1.78. The van der Waals surface area contributed by atoms with Crippen LogP contribution in [0.1, 0.15) is 49.0 Å². The minimum absolute atomic E-state index is 0.0170. The molecule has 0 saturated carbocycles. The monoisotopic (exact) mass is 460 g/mol. The number of benzene rings is 1. The van der Waals surface area contributed by atoms with Crippen molar-refractivity contribution in [3.05, 3.63) is 51.8 Å². The Morgan fingerprint density at radius 1 is 1.39 bits per heavy atom. The second-order valence-corrected chi connectivity index (χ2v) is 10.3. The van der Waals surface area contributed by atoms with E-state index in [-0.39, 0.29) is 28.3 Å². The fourth-order valence-corrected chi connectivity index (χ4v) is 5.59. The summed E-state index contributed by atoms with van der Waals surface area (Å²) in [7, 11) is -3.10. The molecule has 7 nitrogen and oxygen atoms in total. The number of hydrogen-bond acceptors (Lipinski definition) is 5. The number of anilines is 1. The molecule has 0 unspecified atom stereocenters. The maximum absolute atomic E-state index is 12.6. The van der Waals surface area contributed by atoms with Gasteiger partial charge >= 0.3 is 0 Å². The molecule has 9 heteroatoms. The Hall–Kier alpha value is -2.63. The van der Waals surface area contributed by atoms with E-state index in [0.717, 1.165) is 19.3 Å². The Labute approximate surface area is 187 Å². The number of nitrogens with zero attached hydrogens (tertiary/aromatic N) is 3. The number of nitrogens with one attached hydrogen (secondary N) is 1. The SMILES string of the molecule is CCCCc1ccc(NC(=O)/C(C#N)=C/c2c(C)nn([C@H]3CCS(=O)(=O)C3)c2Cl)cc1. The average Bonchev–Trinajstić information content (AvgIpc) is 3.23. The number of aryl methyl sites for hydroxylation is 2. The third-order valence-electron chi connectivity index (χ3n) is 5.31. The molecule has 1 atom stereocenters. The van der Waals surface area contributed by atoms with Crippen LogP contribution in [0, 0.1) is 18.3 Å². The van der Waals surface area contributed by atoms with E-state index >= 15 is 0 Å². The van der Waals surface area contributed by atoms with Gasteiger partial charge in [0.25, 0.3) is 5.91 Å². The standard InChI is InChI=1S/C22H25ClN4O3S/c1-3-4-5-16-6-8-18(9-7-16)25-22(28)17(13-24)12-20-15(2)26-27(21(20)23)19-10-11-31(29,30)14-19/h6-9,12,19H,3-5,10-11,14H2,1-2H3,(H,25,28)/b17-12+/t19-/m0/s1. The zero-order chi connectivity index (χ0) is 22.6. The van der Waals surface area contributed by atoms with E-state index in [1.807, 2.05) is 30.3 Å². The summed E-state index contributed by atoms with van der Waals surface area (Å²) in [6.45, 7) is 3.84. The molecule has 2 heterocycles. The molecule has 2 aromatic rings. The van der Waals surface area contributed by atoms with Crippen LogP contribution in [0.5, 0.6) is 0 Å². The first-order valence-corrected chi connectivity index (χ1v) is 12.4. The summed E-state index contributed by atoms with van der Waals surface area (Å²) in [5.41, 5.74) is 2.64. The number of halogens is 1. The fourth-order valence-electron chi connectivity index (χ4n) is 3.53. The van der Waals surface area contributed by atoms with Crippen LogP contribution < -0.4 is 5.32 Å². The summed E-state index contributed by atoms with van der Waals surface area (Å²) >= 11 is 6.45. The molecular weight excluding hydrogens is 436 g/mol. The van der Waals surface area contributed by atoms with Gasteiger partial charge in [-0.3, -0.25) is 4.79 Å². The number of unbranched alkanes of at least 4 members (excludes halogenated alkanes) is 1.